The summed E-state index contributed by atoms with van der Waals surface area (Å²) in [5.41, 5.74) is 2.16. The second-order valence-corrected chi connectivity index (χ2v) is 3.51. The minimum absolute atomic E-state index is 0.122. The molecule has 1 aromatic carbocycles. The summed E-state index contributed by atoms with van der Waals surface area (Å²) in [7, 11) is 0. The smallest absolute Gasteiger partial charge is 0.131 e. The first-order valence-electron chi connectivity index (χ1n) is 4.81. The Labute approximate surface area is 92.3 Å². The van der Waals surface area contributed by atoms with Gasteiger partial charge in [-0.3, -0.25) is 0 Å². The first-order chi connectivity index (χ1) is 7.61. The molecule has 5 heteroatoms. The third-order valence-corrected chi connectivity index (χ3v) is 2.43. The van der Waals surface area contributed by atoms with Crippen molar-refractivity contribution in [2.24, 2.45) is 0 Å². The molecule has 0 aliphatic heterocycles. The van der Waals surface area contributed by atoms with Crippen LogP contribution in [-0.2, 0) is 0 Å². The normalized spacial score (nSPS) is 10.4. The third kappa shape index (κ3) is 1.56. The Morgan fingerprint density at radius 3 is 2.56 bits per heavy atom. The van der Waals surface area contributed by atoms with Crippen LogP contribution in [0.15, 0.2) is 24.3 Å². The molecular weight excluding hydrogens is 206 g/mol. The van der Waals surface area contributed by atoms with Crippen LogP contribution >= 0.6 is 0 Å². The maximum Gasteiger partial charge on any atom is 0.131 e. The van der Waals surface area contributed by atoms with Crippen molar-refractivity contribution in [1.29, 1.82) is 0 Å². The highest BCUT2D eigenvalue weighted by molar-refractivity contribution is 5.84. The number of hydrogen-bond donors (Lipinski definition) is 0. The molecule has 0 unspecified atom stereocenters. The number of carbonyl (C=O) groups is 1. The number of hydrogen-bond acceptors (Lipinski definition) is 4. The minimum atomic E-state index is -1.31. The van der Waals surface area contributed by atoms with Gasteiger partial charge in [-0.2, -0.15) is 0 Å². The Morgan fingerprint density at radius 2 is 2.00 bits per heavy atom. The van der Waals surface area contributed by atoms with Crippen molar-refractivity contribution in [2.45, 2.75) is 13.8 Å². The van der Waals surface area contributed by atoms with Crippen LogP contribution in [0.5, 0.6) is 0 Å². The van der Waals surface area contributed by atoms with E-state index in [1.54, 1.807) is 6.92 Å². The number of carboxylic acids is 1. The standard InChI is InChI=1S/C11H11N3O2/c1-7-5-3-4-6-9(7)14-8(2)10(11(15)16)12-13-14/h3-6H,1-2H3,(H,15,16)/p-1. The van der Waals surface area contributed by atoms with Gasteiger partial charge in [0.2, 0.25) is 0 Å². The largest absolute Gasteiger partial charge is 0.543 e. The van der Waals surface area contributed by atoms with Crippen LogP contribution in [-0.4, -0.2) is 21.0 Å². The van der Waals surface area contributed by atoms with E-state index in [2.05, 4.69) is 10.3 Å². The molecular formula is C11H10N3O2-. The van der Waals surface area contributed by atoms with Crippen LogP contribution in [0.4, 0.5) is 0 Å². The van der Waals surface area contributed by atoms with Crippen molar-refractivity contribution in [3.8, 4) is 5.69 Å². The first kappa shape index (κ1) is 10.4. The number of benzene rings is 1. The predicted octanol–water partition coefficient (Wildman–Crippen LogP) is 0.248. The van der Waals surface area contributed by atoms with E-state index in [9.17, 15) is 9.90 Å². The molecule has 0 bridgehead atoms. The molecule has 82 valence electrons. The zero-order valence-corrected chi connectivity index (χ0v) is 8.97. The molecule has 0 fully saturated rings. The Morgan fingerprint density at radius 1 is 1.31 bits per heavy atom. The highest BCUT2D eigenvalue weighted by atomic mass is 16.4. The molecule has 0 spiro atoms. The van der Waals surface area contributed by atoms with Gasteiger partial charge < -0.3 is 9.90 Å². The maximum absolute atomic E-state index is 10.7. The van der Waals surface area contributed by atoms with Crippen LogP contribution in [0.2, 0.25) is 0 Å². The lowest BCUT2D eigenvalue weighted by Gasteiger charge is -2.06. The van der Waals surface area contributed by atoms with Crippen LogP contribution < -0.4 is 5.11 Å². The van der Waals surface area contributed by atoms with Gasteiger partial charge in [-0.25, -0.2) is 4.68 Å². The summed E-state index contributed by atoms with van der Waals surface area (Å²) in [5.74, 6) is -1.31. The summed E-state index contributed by atoms with van der Waals surface area (Å²) < 4.78 is 1.50. The highest BCUT2D eigenvalue weighted by Gasteiger charge is 2.11. The SMILES string of the molecule is Cc1ccccc1-n1nnc(C(=O)[O-])c1C. The van der Waals surface area contributed by atoms with Crippen molar-refractivity contribution in [3.05, 3.63) is 41.2 Å². The Kier molecular flexibility index (Phi) is 2.44. The fraction of sp³-hybridized carbons (Fsp3) is 0.182. The van der Waals surface area contributed by atoms with Crippen LogP contribution in [0.3, 0.4) is 0 Å². The average Bonchev–Trinajstić information content (AvgIpc) is 2.61. The van der Waals surface area contributed by atoms with E-state index in [-0.39, 0.29) is 5.69 Å². The van der Waals surface area contributed by atoms with Gasteiger partial charge >= 0.3 is 0 Å². The lowest BCUT2D eigenvalue weighted by molar-refractivity contribution is -0.255. The summed E-state index contributed by atoms with van der Waals surface area (Å²) in [6.07, 6.45) is 0. The Hall–Kier alpha value is -2.17. The molecule has 2 aromatic rings. The van der Waals surface area contributed by atoms with E-state index in [1.807, 2.05) is 31.2 Å². The number of carbonyl (C=O) groups excluding carboxylic acids is 1. The van der Waals surface area contributed by atoms with Gasteiger partial charge in [0.1, 0.15) is 5.69 Å². The molecule has 0 aliphatic carbocycles. The molecule has 0 N–H and O–H groups in total. The van der Waals surface area contributed by atoms with Crippen molar-refractivity contribution >= 4 is 5.97 Å². The predicted molar refractivity (Wildman–Crippen MR) is 55.2 cm³/mol. The van der Waals surface area contributed by atoms with Crippen molar-refractivity contribution < 1.29 is 9.90 Å². The molecule has 0 radical (unpaired) electrons. The van der Waals surface area contributed by atoms with Gasteiger partial charge in [-0.15, -0.1) is 5.10 Å². The minimum Gasteiger partial charge on any atom is -0.543 e. The number of aromatic carboxylic acids is 1. The topological polar surface area (TPSA) is 70.8 Å². The van der Waals surface area contributed by atoms with E-state index in [0.717, 1.165) is 11.3 Å². The molecule has 0 aliphatic rings. The molecule has 0 saturated heterocycles. The lowest BCUT2D eigenvalue weighted by Crippen LogP contribution is -2.23. The fourth-order valence-electron chi connectivity index (χ4n) is 1.55. The van der Waals surface area contributed by atoms with E-state index in [4.69, 9.17) is 0 Å². The van der Waals surface area contributed by atoms with E-state index in [1.165, 1.54) is 4.68 Å². The monoisotopic (exact) mass is 216 g/mol. The second-order valence-electron chi connectivity index (χ2n) is 3.51. The van der Waals surface area contributed by atoms with Crippen LogP contribution in [0.1, 0.15) is 21.7 Å². The Bertz CT molecular complexity index is 546. The van der Waals surface area contributed by atoms with Crippen molar-refractivity contribution in [1.82, 2.24) is 15.0 Å². The first-order valence-corrected chi connectivity index (χ1v) is 4.81. The van der Waals surface area contributed by atoms with Gasteiger partial charge in [0.05, 0.1) is 17.4 Å². The number of para-hydroxylation sites is 1. The second kappa shape index (κ2) is 3.77. The van der Waals surface area contributed by atoms with Gasteiger partial charge in [0.15, 0.2) is 0 Å². The number of nitrogens with zero attached hydrogens (tertiary/aromatic N) is 3. The molecule has 0 amide bonds. The molecule has 0 atom stereocenters. The van der Waals surface area contributed by atoms with E-state index < -0.39 is 5.97 Å². The summed E-state index contributed by atoms with van der Waals surface area (Å²) in [6.45, 7) is 3.58. The van der Waals surface area contributed by atoms with Gasteiger partial charge in [-0.05, 0) is 25.5 Å². The zero-order chi connectivity index (χ0) is 11.7. The number of rotatable bonds is 2. The van der Waals surface area contributed by atoms with Crippen LogP contribution in [0.25, 0.3) is 5.69 Å². The molecule has 1 heterocycles. The summed E-state index contributed by atoms with van der Waals surface area (Å²) >= 11 is 0. The number of aromatic nitrogens is 3. The maximum atomic E-state index is 10.7. The van der Waals surface area contributed by atoms with Gasteiger partial charge in [-0.1, -0.05) is 23.4 Å². The van der Waals surface area contributed by atoms with Gasteiger partial charge in [0, 0.05) is 0 Å². The van der Waals surface area contributed by atoms with Crippen LogP contribution in [0, 0.1) is 13.8 Å². The van der Waals surface area contributed by atoms with E-state index >= 15 is 0 Å². The quantitative estimate of drug-likeness (QED) is 0.721. The summed E-state index contributed by atoms with van der Waals surface area (Å²) in [4.78, 5) is 10.7. The molecule has 5 nitrogen and oxygen atoms in total. The summed E-state index contributed by atoms with van der Waals surface area (Å²) in [5, 5.41) is 18.1. The lowest BCUT2D eigenvalue weighted by atomic mass is 10.2. The van der Waals surface area contributed by atoms with Gasteiger partial charge in [0.25, 0.3) is 0 Å². The van der Waals surface area contributed by atoms with Crippen molar-refractivity contribution in [2.75, 3.05) is 0 Å². The molecule has 16 heavy (non-hydrogen) atoms. The number of aryl methyl sites for hydroxylation is 1. The molecule has 2 rings (SSSR count). The highest BCUT2D eigenvalue weighted by Crippen LogP contribution is 2.15. The fourth-order valence-corrected chi connectivity index (χ4v) is 1.55. The Balaban J connectivity index is 2.58. The van der Waals surface area contributed by atoms with E-state index in [0.29, 0.717) is 5.69 Å². The third-order valence-electron chi connectivity index (χ3n) is 2.43. The van der Waals surface area contributed by atoms with Crippen molar-refractivity contribution in [3.63, 3.8) is 0 Å². The molecule has 0 saturated carbocycles. The number of carboxylic acid groups (broad SMARTS) is 1. The average molecular weight is 216 g/mol. The molecule has 1 aromatic heterocycles. The zero-order valence-electron chi connectivity index (χ0n) is 8.97. The summed E-state index contributed by atoms with van der Waals surface area (Å²) in [6, 6.07) is 7.55.